The van der Waals surface area contributed by atoms with E-state index in [1.54, 1.807) is 0 Å². The Hall–Kier alpha value is -0.190. The standard InChI is InChI=1S/C5H10O3S/c1-3-9(6)7-4-5(2)8-9/h3,5,9H,1,4H2,2H3. The predicted octanol–water partition coefficient (Wildman–Crippen LogP) is 0.412. The van der Waals surface area contributed by atoms with Crippen LogP contribution in [0.1, 0.15) is 6.92 Å². The van der Waals surface area contributed by atoms with Gasteiger partial charge in [-0.25, -0.2) is 4.21 Å². The van der Waals surface area contributed by atoms with Crippen LogP contribution in [0.3, 0.4) is 0 Å². The summed E-state index contributed by atoms with van der Waals surface area (Å²) in [6, 6.07) is 0. The Morgan fingerprint density at radius 1 is 1.89 bits per heavy atom. The van der Waals surface area contributed by atoms with Gasteiger partial charge in [-0.15, -0.1) is 0 Å². The summed E-state index contributed by atoms with van der Waals surface area (Å²) in [4.78, 5) is 0. The lowest BCUT2D eigenvalue weighted by Crippen LogP contribution is -2.07. The van der Waals surface area contributed by atoms with Crippen molar-refractivity contribution in [1.29, 1.82) is 0 Å². The zero-order valence-corrected chi connectivity index (χ0v) is 6.14. The number of hydrogen-bond donors (Lipinski definition) is 1. The Balaban J connectivity index is 2.66. The van der Waals surface area contributed by atoms with Gasteiger partial charge in [0.2, 0.25) is 0 Å². The monoisotopic (exact) mass is 150 g/mol. The van der Waals surface area contributed by atoms with Crippen LogP contribution < -0.4 is 0 Å². The van der Waals surface area contributed by atoms with Gasteiger partial charge < -0.3 is 0 Å². The van der Waals surface area contributed by atoms with Gasteiger partial charge in [0.1, 0.15) is 0 Å². The highest BCUT2D eigenvalue weighted by molar-refractivity contribution is 7.97. The Labute approximate surface area is 55.5 Å². The van der Waals surface area contributed by atoms with Crippen LogP contribution in [0.4, 0.5) is 0 Å². The van der Waals surface area contributed by atoms with Crippen molar-refractivity contribution in [3.05, 3.63) is 12.0 Å². The fourth-order valence-electron chi connectivity index (χ4n) is 0.616. The van der Waals surface area contributed by atoms with Crippen molar-refractivity contribution in [3.8, 4) is 0 Å². The second-order valence-corrected chi connectivity index (χ2v) is 3.85. The number of hydrogen-bond acceptors (Lipinski definition) is 3. The highest BCUT2D eigenvalue weighted by Crippen LogP contribution is 2.20. The maximum Gasteiger partial charge on any atom is 0.0975 e. The van der Waals surface area contributed by atoms with Gasteiger partial charge in [-0.3, -0.25) is 8.37 Å². The lowest BCUT2D eigenvalue weighted by Gasteiger charge is -2.09. The SMILES string of the molecule is C=C[SH]1(=O)OCC(C)O1. The van der Waals surface area contributed by atoms with E-state index in [9.17, 15) is 4.21 Å². The second kappa shape index (κ2) is 2.21. The molecule has 0 aromatic carbocycles. The van der Waals surface area contributed by atoms with Crippen molar-refractivity contribution in [2.24, 2.45) is 0 Å². The molecule has 0 spiro atoms. The van der Waals surface area contributed by atoms with Crippen LogP contribution in [-0.4, -0.2) is 16.9 Å². The molecular formula is C5H10O3S. The second-order valence-electron chi connectivity index (χ2n) is 1.93. The van der Waals surface area contributed by atoms with E-state index in [1.165, 1.54) is 5.41 Å². The lowest BCUT2D eigenvalue weighted by atomic mass is 10.5. The van der Waals surface area contributed by atoms with Crippen LogP contribution in [0.15, 0.2) is 12.0 Å². The Bertz CT molecular complexity index is 166. The third kappa shape index (κ3) is 1.38. The first-order valence-electron chi connectivity index (χ1n) is 2.72. The summed E-state index contributed by atoms with van der Waals surface area (Å²) in [6.07, 6.45) is -0.0613. The van der Waals surface area contributed by atoms with Gasteiger partial charge in [0.05, 0.1) is 23.2 Å². The maximum atomic E-state index is 11.0. The summed E-state index contributed by atoms with van der Waals surface area (Å²) in [6.45, 7) is 5.55. The first kappa shape index (κ1) is 6.92. The number of rotatable bonds is 1. The molecule has 0 N–H and O–H groups in total. The van der Waals surface area contributed by atoms with Gasteiger partial charge in [0.25, 0.3) is 0 Å². The molecule has 0 aromatic rings. The predicted molar refractivity (Wildman–Crippen MR) is 36.2 cm³/mol. The summed E-state index contributed by atoms with van der Waals surface area (Å²) < 4.78 is 20.8. The molecule has 0 aromatic heterocycles. The largest absolute Gasteiger partial charge is 0.288 e. The summed E-state index contributed by atoms with van der Waals surface area (Å²) >= 11 is 0. The van der Waals surface area contributed by atoms with Gasteiger partial charge in [-0.05, 0) is 6.92 Å². The first-order valence-corrected chi connectivity index (χ1v) is 4.34. The van der Waals surface area contributed by atoms with Crippen LogP contribution >= 0.6 is 0 Å². The molecule has 1 fully saturated rings. The fraction of sp³-hybridized carbons (Fsp3) is 0.600. The molecule has 0 amide bonds. The minimum Gasteiger partial charge on any atom is -0.288 e. The van der Waals surface area contributed by atoms with Crippen molar-refractivity contribution in [2.75, 3.05) is 6.61 Å². The molecule has 0 bridgehead atoms. The lowest BCUT2D eigenvalue weighted by molar-refractivity contribution is 0.261. The minimum absolute atomic E-state index is 0.0613. The van der Waals surface area contributed by atoms with Crippen LogP contribution in [0, 0.1) is 0 Å². The van der Waals surface area contributed by atoms with E-state index in [0.717, 1.165) is 0 Å². The summed E-state index contributed by atoms with van der Waals surface area (Å²) in [5.74, 6) is 0. The molecule has 1 aliphatic heterocycles. The van der Waals surface area contributed by atoms with E-state index in [1.807, 2.05) is 6.92 Å². The van der Waals surface area contributed by atoms with E-state index in [4.69, 9.17) is 8.37 Å². The average molecular weight is 150 g/mol. The zero-order chi connectivity index (χ0) is 6.91. The molecule has 0 saturated carbocycles. The zero-order valence-electron chi connectivity index (χ0n) is 5.24. The van der Waals surface area contributed by atoms with E-state index in [2.05, 4.69) is 6.58 Å². The molecule has 9 heavy (non-hydrogen) atoms. The van der Waals surface area contributed by atoms with Crippen LogP contribution in [0.5, 0.6) is 0 Å². The Morgan fingerprint density at radius 2 is 2.56 bits per heavy atom. The first-order chi connectivity index (χ1) is 4.16. The van der Waals surface area contributed by atoms with E-state index in [-0.39, 0.29) is 6.10 Å². The van der Waals surface area contributed by atoms with Crippen molar-refractivity contribution >= 4 is 10.5 Å². The Kier molecular flexibility index (Phi) is 1.70. The summed E-state index contributed by atoms with van der Waals surface area (Å²) in [5.41, 5.74) is 0. The van der Waals surface area contributed by atoms with Crippen molar-refractivity contribution in [2.45, 2.75) is 13.0 Å². The van der Waals surface area contributed by atoms with Gasteiger partial charge in [-0.2, -0.15) is 0 Å². The van der Waals surface area contributed by atoms with Crippen molar-refractivity contribution in [1.82, 2.24) is 0 Å². The summed E-state index contributed by atoms with van der Waals surface area (Å²) in [5, 5.41) is 1.23. The highest BCUT2D eigenvalue weighted by atomic mass is 32.3. The van der Waals surface area contributed by atoms with Gasteiger partial charge in [-0.1, -0.05) is 6.58 Å². The van der Waals surface area contributed by atoms with Crippen LogP contribution in [-0.2, 0) is 18.9 Å². The topological polar surface area (TPSA) is 35.5 Å². The van der Waals surface area contributed by atoms with Crippen molar-refractivity contribution < 1.29 is 12.6 Å². The molecule has 1 atom stereocenters. The number of thiol groups is 1. The third-order valence-electron chi connectivity index (χ3n) is 1.04. The molecular weight excluding hydrogens is 140 g/mol. The van der Waals surface area contributed by atoms with Gasteiger partial charge in [0.15, 0.2) is 0 Å². The molecule has 0 aliphatic carbocycles. The normalized spacial score (nSPS) is 35.9. The average Bonchev–Trinajstić information content (AvgIpc) is 2.13. The van der Waals surface area contributed by atoms with Crippen LogP contribution in [0.2, 0.25) is 0 Å². The molecule has 1 rings (SSSR count). The van der Waals surface area contributed by atoms with Crippen LogP contribution in [0.25, 0.3) is 0 Å². The minimum atomic E-state index is -2.84. The molecule has 1 saturated heterocycles. The van der Waals surface area contributed by atoms with Crippen molar-refractivity contribution in [3.63, 3.8) is 0 Å². The van der Waals surface area contributed by atoms with E-state index in [0.29, 0.717) is 6.61 Å². The highest BCUT2D eigenvalue weighted by Gasteiger charge is 2.23. The quantitative estimate of drug-likeness (QED) is 0.550. The molecule has 0 radical (unpaired) electrons. The molecule has 1 unspecified atom stereocenters. The smallest absolute Gasteiger partial charge is 0.0975 e. The molecule has 1 aliphatic rings. The Morgan fingerprint density at radius 3 is 2.78 bits per heavy atom. The van der Waals surface area contributed by atoms with Gasteiger partial charge >= 0.3 is 0 Å². The molecule has 3 nitrogen and oxygen atoms in total. The molecule has 1 heterocycles. The third-order valence-corrected chi connectivity index (χ3v) is 2.65. The van der Waals surface area contributed by atoms with E-state index >= 15 is 0 Å². The molecule has 54 valence electrons. The molecule has 4 heteroatoms. The maximum absolute atomic E-state index is 11.0. The van der Waals surface area contributed by atoms with E-state index < -0.39 is 10.5 Å². The summed E-state index contributed by atoms with van der Waals surface area (Å²) in [7, 11) is -2.84. The fourth-order valence-corrected chi connectivity index (χ4v) is 1.85. The van der Waals surface area contributed by atoms with Gasteiger partial charge in [0, 0.05) is 5.41 Å².